The minimum Gasteiger partial charge on any atom is -0.354 e. The summed E-state index contributed by atoms with van der Waals surface area (Å²) < 4.78 is 13.6. The van der Waals surface area contributed by atoms with Crippen LogP contribution in [0.2, 0.25) is 10.0 Å². The molecule has 0 spiro atoms. The maximum atomic E-state index is 13.6. The van der Waals surface area contributed by atoms with Crippen molar-refractivity contribution < 1.29 is 4.39 Å². The molecular weight excluding hydrogens is 302 g/mol. The fourth-order valence-corrected chi connectivity index (χ4v) is 2.34. The van der Waals surface area contributed by atoms with Gasteiger partial charge in [0.05, 0.1) is 10.0 Å². The van der Waals surface area contributed by atoms with Crippen LogP contribution >= 0.6 is 23.2 Å². The maximum absolute atomic E-state index is 13.6. The van der Waals surface area contributed by atoms with E-state index in [1.807, 2.05) is 0 Å². The van der Waals surface area contributed by atoms with Gasteiger partial charge in [-0.1, -0.05) is 41.4 Å². The van der Waals surface area contributed by atoms with Gasteiger partial charge in [0.15, 0.2) is 5.82 Å². The molecule has 0 atom stereocenters. The molecule has 4 nitrogen and oxygen atoms in total. The lowest BCUT2D eigenvalue weighted by atomic mass is 10.2. The van der Waals surface area contributed by atoms with Crippen molar-refractivity contribution in [2.24, 2.45) is 5.84 Å². The number of rotatable bonds is 4. The number of hydrazine groups is 1. The molecule has 0 saturated heterocycles. The molecule has 0 fully saturated rings. The third kappa shape index (κ3) is 3.12. The molecule has 1 heterocycles. The van der Waals surface area contributed by atoms with Crippen molar-refractivity contribution in [3.05, 3.63) is 51.8 Å². The van der Waals surface area contributed by atoms with Crippen LogP contribution in [-0.2, 0) is 6.54 Å². The van der Waals surface area contributed by atoms with E-state index < -0.39 is 0 Å². The molecule has 0 aliphatic carbocycles. The van der Waals surface area contributed by atoms with Crippen LogP contribution in [0.25, 0.3) is 0 Å². The zero-order valence-corrected chi connectivity index (χ0v) is 12.2. The molecule has 1 aromatic heterocycles. The van der Waals surface area contributed by atoms with Crippen molar-refractivity contribution in [2.75, 3.05) is 17.4 Å². The standard InChI is InChI=1S/C13H13Cl2FN4/c1-20(7-8-4-2-3-5-11(8)16)13-10(15)6-9(14)12(18-13)19-17/h2-6H,7,17H2,1H3,(H,18,19). The number of hydrogen-bond acceptors (Lipinski definition) is 4. The van der Waals surface area contributed by atoms with E-state index in [0.717, 1.165) is 0 Å². The lowest BCUT2D eigenvalue weighted by Gasteiger charge is -2.20. The molecule has 0 amide bonds. The van der Waals surface area contributed by atoms with E-state index in [2.05, 4.69) is 10.4 Å². The third-order valence-corrected chi connectivity index (χ3v) is 3.34. The summed E-state index contributed by atoms with van der Waals surface area (Å²) >= 11 is 12.0. The second-order valence-corrected chi connectivity index (χ2v) is 5.03. The SMILES string of the molecule is CN(Cc1ccccc1F)c1nc(NN)c(Cl)cc1Cl. The number of pyridine rings is 1. The summed E-state index contributed by atoms with van der Waals surface area (Å²) in [5.41, 5.74) is 2.94. The van der Waals surface area contributed by atoms with E-state index in [0.29, 0.717) is 33.8 Å². The van der Waals surface area contributed by atoms with Gasteiger partial charge in [0, 0.05) is 19.2 Å². The molecule has 0 saturated carbocycles. The van der Waals surface area contributed by atoms with Crippen molar-refractivity contribution in [3.8, 4) is 0 Å². The Labute approximate surface area is 126 Å². The first-order valence-corrected chi connectivity index (χ1v) is 6.55. The minimum atomic E-state index is -0.276. The van der Waals surface area contributed by atoms with Crippen LogP contribution in [0.3, 0.4) is 0 Å². The molecule has 2 aromatic rings. The maximum Gasteiger partial charge on any atom is 0.161 e. The van der Waals surface area contributed by atoms with Crippen molar-refractivity contribution >= 4 is 34.8 Å². The lowest BCUT2D eigenvalue weighted by Crippen LogP contribution is -2.20. The van der Waals surface area contributed by atoms with E-state index in [9.17, 15) is 4.39 Å². The number of halogens is 3. The van der Waals surface area contributed by atoms with Crippen LogP contribution < -0.4 is 16.2 Å². The number of aromatic nitrogens is 1. The Bertz CT molecular complexity index is 621. The molecule has 0 bridgehead atoms. The van der Waals surface area contributed by atoms with Crippen LogP contribution in [0.15, 0.2) is 30.3 Å². The summed E-state index contributed by atoms with van der Waals surface area (Å²) in [6, 6.07) is 8.07. The normalized spacial score (nSPS) is 10.4. The van der Waals surface area contributed by atoms with Gasteiger partial charge in [-0.15, -0.1) is 0 Å². The predicted molar refractivity (Wildman–Crippen MR) is 80.6 cm³/mol. The summed E-state index contributed by atoms with van der Waals surface area (Å²) in [6.07, 6.45) is 0. The van der Waals surface area contributed by atoms with E-state index in [4.69, 9.17) is 29.0 Å². The number of hydrogen-bond donors (Lipinski definition) is 2. The third-order valence-electron chi connectivity index (χ3n) is 2.77. The van der Waals surface area contributed by atoms with Gasteiger partial charge in [-0.2, -0.15) is 0 Å². The van der Waals surface area contributed by atoms with Gasteiger partial charge in [0.1, 0.15) is 11.6 Å². The largest absolute Gasteiger partial charge is 0.354 e. The number of nitrogens with two attached hydrogens (primary N) is 1. The van der Waals surface area contributed by atoms with Crippen LogP contribution in [-0.4, -0.2) is 12.0 Å². The number of anilines is 2. The molecule has 3 N–H and O–H groups in total. The van der Waals surface area contributed by atoms with Gasteiger partial charge >= 0.3 is 0 Å². The van der Waals surface area contributed by atoms with Gasteiger partial charge in [-0.3, -0.25) is 0 Å². The average Bonchev–Trinajstić information content (AvgIpc) is 2.41. The van der Waals surface area contributed by atoms with Crippen molar-refractivity contribution in [1.29, 1.82) is 0 Å². The van der Waals surface area contributed by atoms with E-state index >= 15 is 0 Å². The number of nitrogens with zero attached hydrogens (tertiary/aromatic N) is 2. The fraction of sp³-hybridized carbons (Fsp3) is 0.154. The highest BCUT2D eigenvalue weighted by atomic mass is 35.5. The molecule has 106 valence electrons. The Morgan fingerprint density at radius 2 is 2.00 bits per heavy atom. The summed E-state index contributed by atoms with van der Waals surface area (Å²) in [5, 5.41) is 0.688. The molecule has 2 rings (SSSR count). The molecular formula is C13H13Cl2FN4. The average molecular weight is 315 g/mol. The highest BCUT2D eigenvalue weighted by Crippen LogP contribution is 2.31. The van der Waals surface area contributed by atoms with Crippen LogP contribution in [0.1, 0.15) is 5.56 Å². The Morgan fingerprint density at radius 3 is 2.65 bits per heavy atom. The topological polar surface area (TPSA) is 54.2 Å². The number of nitrogen functional groups attached to an aromatic ring is 1. The second-order valence-electron chi connectivity index (χ2n) is 4.22. The molecule has 0 unspecified atom stereocenters. The van der Waals surface area contributed by atoms with Gasteiger partial charge in [-0.05, 0) is 12.1 Å². The molecule has 0 aliphatic heterocycles. The Morgan fingerprint density at radius 1 is 1.30 bits per heavy atom. The second kappa shape index (κ2) is 6.26. The number of nitrogens with one attached hydrogen (secondary N) is 1. The summed E-state index contributed by atoms with van der Waals surface area (Å²) in [5.74, 6) is 5.83. The fourth-order valence-electron chi connectivity index (χ4n) is 1.78. The van der Waals surface area contributed by atoms with Crippen molar-refractivity contribution in [2.45, 2.75) is 6.54 Å². The Balaban J connectivity index is 2.30. The highest BCUT2D eigenvalue weighted by molar-refractivity contribution is 6.37. The minimum absolute atomic E-state index is 0.276. The number of benzene rings is 1. The Hall–Kier alpha value is -1.56. The molecule has 20 heavy (non-hydrogen) atoms. The molecule has 0 aliphatic rings. The van der Waals surface area contributed by atoms with Crippen molar-refractivity contribution in [3.63, 3.8) is 0 Å². The molecule has 1 aromatic carbocycles. The van der Waals surface area contributed by atoms with Gasteiger partial charge in [0.25, 0.3) is 0 Å². The summed E-state index contributed by atoms with van der Waals surface area (Å²) in [4.78, 5) is 5.94. The van der Waals surface area contributed by atoms with E-state index in [1.165, 1.54) is 6.07 Å². The zero-order chi connectivity index (χ0) is 14.7. The van der Waals surface area contributed by atoms with Gasteiger partial charge in [0.2, 0.25) is 0 Å². The van der Waals surface area contributed by atoms with E-state index in [-0.39, 0.29) is 5.82 Å². The summed E-state index contributed by atoms with van der Waals surface area (Å²) in [6.45, 7) is 0.324. The quantitative estimate of drug-likeness (QED) is 0.670. The van der Waals surface area contributed by atoms with E-state index in [1.54, 1.807) is 36.2 Å². The zero-order valence-electron chi connectivity index (χ0n) is 10.7. The van der Waals surface area contributed by atoms with Crippen LogP contribution in [0, 0.1) is 5.82 Å². The highest BCUT2D eigenvalue weighted by Gasteiger charge is 2.14. The predicted octanol–water partition coefficient (Wildman–Crippen LogP) is 3.45. The molecule has 7 heteroatoms. The van der Waals surface area contributed by atoms with Crippen LogP contribution in [0.5, 0.6) is 0 Å². The smallest absolute Gasteiger partial charge is 0.161 e. The summed E-state index contributed by atoms with van der Waals surface area (Å²) in [7, 11) is 1.76. The van der Waals surface area contributed by atoms with Crippen molar-refractivity contribution in [1.82, 2.24) is 4.98 Å². The van der Waals surface area contributed by atoms with Gasteiger partial charge < -0.3 is 10.3 Å². The Kier molecular flexibility index (Phi) is 4.65. The monoisotopic (exact) mass is 314 g/mol. The van der Waals surface area contributed by atoms with Gasteiger partial charge in [-0.25, -0.2) is 15.2 Å². The van der Waals surface area contributed by atoms with Crippen LogP contribution in [0.4, 0.5) is 16.0 Å². The first-order chi connectivity index (χ1) is 9.52. The first-order valence-electron chi connectivity index (χ1n) is 5.80. The first kappa shape index (κ1) is 14.8. The lowest BCUT2D eigenvalue weighted by molar-refractivity contribution is 0.607. The molecule has 0 radical (unpaired) electrons.